The Kier molecular flexibility index (Phi) is 6.80. The SMILES string of the molecule is Cc1nc(C)c(CC(=O)NCC(c2ccccc2)N2CCCCCC2)s1. The molecule has 1 saturated heterocycles. The molecule has 5 heteroatoms. The van der Waals surface area contributed by atoms with Gasteiger partial charge in [0.1, 0.15) is 0 Å². The van der Waals surface area contributed by atoms with E-state index in [4.69, 9.17) is 0 Å². The topological polar surface area (TPSA) is 45.2 Å². The molecule has 2 heterocycles. The fourth-order valence-corrected chi connectivity index (χ4v) is 4.63. The van der Waals surface area contributed by atoms with Crippen LogP contribution < -0.4 is 5.32 Å². The van der Waals surface area contributed by atoms with Crippen molar-refractivity contribution < 1.29 is 4.79 Å². The number of likely N-dealkylation sites (tertiary alicyclic amines) is 1. The van der Waals surface area contributed by atoms with Gasteiger partial charge in [0, 0.05) is 11.4 Å². The Morgan fingerprint density at radius 3 is 2.46 bits per heavy atom. The zero-order valence-electron chi connectivity index (χ0n) is 15.8. The van der Waals surface area contributed by atoms with E-state index in [9.17, 15) is 4.79 Å². The third kappa shape index (κ3) is 5.15. The Bertz CT molecular complexity index is 705. The molecule has 1 aliphatic rings. The first-order chi connectivity index (χ1) is 12.6. The van der Waals surface area contributed by atoms with Crippen molar-refractivity contribution in [3.8, 4) is 0 Å². The number of aromatic nitrogens is 1. The van der Waals surface area contributed by atoms with Crippen LogP contribution in [0.15, 0.2) is 30.3 Å². The maximum atomic E-state index is 12.5. The minimum Gasteiger partial charge on any atom is -0.354 e. The molecule has 1 fully saturated rings. The molecule has 1 N–H and O–H groups in total. The number of carbonyl (C=O) groups excluding carboxylic acids is 1. The van der Waals surface area contributed by atoms with E-state index >= 15 is 0 Å². The lowest BCUT2D eigenvalue weighted by Gasteiger charge is -2.31. The molecule has 2 aromatic rings. The van der Waals surface area contributed by atoms with Crippen molar-refractivity contribution >= 4 is 17.2 Å². The highest BCUT2D eigenvalue weighted by molar-refractivity contribution is 7.11. The van der Waals surface area contributed by atoms with Crippen LogP contribution in [0.3, 0.4) is 0 Å². The van der Waals surface area contributed by atoms with Gasteiger partial charge >= 0.3 is 0 Å². The van der Waals surface area contributed by atoms with Crippen LogP contribution in [0, 0.1) is 13.8 Å². The molecule has 1 amide bonds. The number of thiazole rings is 1. The maximum absolute atomic E-state index is 12.5. The number of benzene rings is 1. The second-order valence-corrected chi connectivity index (χ2v) is 8.39. The predicted octanol–water partition coefficient (Wildman–Crippen LogP) is 4.04. The van der Waals surface area contributed by atoms with Gasteiger partial charge in [0.05, 0.1) is 23.2 Å². The minimum atomic E-state index is 0.0903. The van der Waals surface area contributed by atoms with E-state index in [0.717, 1.165) is 28.7 Å². The lowest BCUT2D eigenvalue weighted by Crippen LogP contribution is -2.39. The van der Waals surface area contributed by atoms with Crippen LogP contribution in [-0.2, 0) is 11.2 Å². The summed E-state index contributed by atoms with van der Waals surface area (Å²) in [6, 6.07) is 10.8. The number of nitrogens with one attached hydrogen (secondary N) is 1. The lowest BCUT2D eigenvalue weighted by atomic mass is 10.0. The van der Waals surface area contributed by atoms with Crippen LogP contribution in [0.1, 0.15) is 52.9 Å². The average molecular weight is 372 g/mol. The van der Waals surface area contributed by atoms with E-state index < -0.39 is 0 Å². The zero-order chi connectivity index (χ0) is 18.4. The van der Waals surface area contributed by atoms with Gasteiger partial charge in [0.2, 0.25) is 5.91 Å². The summed E-state index contributed by atoms with van der Waals surface area (Å²) in [7, 11) is 0. The highest BCUT2D eigenvalue weighted by atomic mass is 32.1. The summed E-state index contributed by atoms with van der Waals surface area (Å²) in [6.45, 7) is 6.87. The summed E-state index contributed by atoms with van der Waals surface area (Å²) in [4.78, 5) is 20.6. The molecular formula is C21H29N3OS. The first-order valence-corrected chi connectivity index (χ1v) is 10.4. The van der Waals surface area contributed by atoms with Crippen LogP contribution >= 0.6 is 11.3 Å². The maximum Gasteiger partial charge on any atom is 0.225 e. The third-order valence-electron chi connectivity index (χ3n) is 5.08. The standard InChI is InChI=1S/C21H29N3OS/c1-16-20(26-17(2)23-16)14-21(25)22-15-19(18-10-6-5-7-11-18)24-12-8-3-4-9-13-24/h5-7,10-11,19H,3-4,8-9,12-15H2,1-2H3,(H,22,25). The van der Waals surface area contributed by atoms with E-state index in [0.29, 0.717) is 13.0 Å². The van der Waals surface area contributed by atoms with Gasteiger partial charge in [-0.1, -0.05) is 43.2 Å². The Morgan fingerprint density at radius 1 is 1.15 bits per heavy atom. The summed E-state index contributed by atoms with van der Waals surface area (Å²) >= 11 is 1.62. The summed E-state index contributed by atoms with van der Waals surface area (Å²) in [5.41, 5.74) is 2.27. The number of aryl methyl sites for hydroxylation is 2. The molecule has 0 radical (unpaired) electrons. The number of hydrogen-bond donors (Lipinski definition) is 1. The van der Waals surface area contributed by atoms with E-state index in [2.05, 4.69) is 45.5 Å². The molecule has 4 nitrogen and oxygen atoms in total. The molecule has 0 spiro atoms. The number of carbonyl (C=O) groups is 1. The minimum absolute atomic E-state index is 0.0903. The van der Waals surface area contributed by atoms with Crippen molar-refractivity contribution in [1.29, 1.82) is 0 Å². The fourth-order valence-electron chi connectivity index (χ4n) is 3.70. The van der Waals surface area contributed by atoms with Crippen LogP contribution in [0.25, 0.3) is 0 Å². The largest absolute Gasteiger partial charge is 0.354 e. The van der Waals surface area contributed by atoms with Gasteiger partial charge in [-0.2, -0.15) is 0 Å². The molecular weight excluding hydrogens is 342 g/mol. The lowest BCUT2D eigenvalue weighted by molar-refractivity contribution is -0.120. The molecule has 26 heavy (non-hydrogen) atoms. The van der Waals surface area contributed by atoms with E-state index in [-0.39, 0.29) is 11.9 Å². The van der Waals surface area contributed by atoms with Gasteiger partial charge in [-0.3, -0.25) is 9.69 Å². The third-order valence-corrected chi connectivity index (χ3v) is 6.15. The smallest absolute Gasteiger partial charge is 0.225 e. The van der Waals surface area contributed by atoms with Crippen molar-refractivity contribution in [2.75, 3.05) is 19.6 Å². The number of hydrogen-bond acceptors (Lipinski definition) is 4. The normalized spacial score (nSPS) is 16.8. The van der Waals surface area contributed by atoms with Crippen LogP contribution in [0.5, 0.6) is 0 Å². The van der Waals surface area contributed by atoms with Crippen molar-refractivity contribution in [1.82, 2.24) is 15.2 Å². The van der Waals surface area contributed by atoms with Gasteiger partial charge in [-0.25, -0.2) is 4.98 Å². The van der Waals surface area contributed by atoms with Gasteiger partial charge in [-0.15, -0.1) is 11.3 Å². The van der Waals surface area contributed by atoms with Crippen LogP contribution in [-0.4, -0.2) is 35.4 Å². The fraction of sp³-hybridized carbons (Fsp3) is 0.524. The predicted molar refractivity (Wildman–Crippen MR) is 108 cm³/mol. The second-order valence-electron chi connectivity index (χ2n) is 7.10. The van der Waals surface area contributed by atoms with Gasteiger partial charge in [0.25, 0.3) is 0 Å². The number of nitrogens with zero attached hydrogens (tertiary/aromatic N) is 2. The van der Waals surface area contributed by atoms with Gasteiger partial charge in [-0.05, 0) is 45.3 Å². The zero-order valence-corrected chi connectivity index (χ0v) is 16.6. The highest BCUT2D eigenvalue weighted by Crippen LogP contribution is 2.24. The Morgan fingerprint density at radius 2 is 1.85 bits per heavy atom. The van der Waals surface area contributed by atoms with E-state index in [1.165, 1.54) is 31.2 Å². The molecule has 0 bridgehead atoms. The summed E-state index contributed by atoms with van der Waals surface area (Å²) < 4.78 is 0. The highest BCUT2D eigenvalue weighted by Gasteiger charge is 2.22. The molecule has 0 aliphatic carbocycles. The Balaban J connectivity index is 1.65. The number of amides is 1. The van der Waals surface area contributed by atoms with Gasteiger partial charge < -0.3 is 5.32 Å². The summed E-state index contributed by atoms with van der Waals surface area (Å²) in [5.74, 6) is 0.0903. The van der Waals surface area contributed by atoms with Crippen LogP contribution in [0.2, 0.25) is 0 Å². The monoisotopic (exact) mass is 371 g/mol. The first kappa shape index (κ1) is 19.1. The molecule has 3 rings (SSSR count). The molecule has 1 atom stereocenters. The van der Waals surface area contributed by atoms with Crippen molar-refractivity contribution in [3.05, 3.63) is 51.5 Å². The quantitative estimate of drug-likeness (QED) is 0.834. The molecule has 1 aromatic carbocycles. The van der Waals surface area contributed by atoms with E-state index in [1.54, 1.807) is 11.3 Å². The Hall–Kier alpha value is -1.72. The molecule has 140 valence electrons. The Labute approximate surface area is 160 Å². The molecule has 1 unspecified atom stereocenters. The van der Waals surface area contributed by atoms with Gasteiger partial charge in [0.15, 0.2) is 0 Å². The van der Waals surface area contributed by atoms with Crippen LogP contribution in [0.4, 0.5) is 0 Å². The molecule has 0 saturated carbocycles. The number of rotatable bonds is 6. The summed E-state index contributed by atoms with van der Waals surface area (Å²) in [5, 5.41) is 4.21. The summed E-state index contributed by atoms with van der Waals surface area (Å²) in [6.07, 6.45) is 5.55. The average Bonchev–Trinajstić information content (AvgIpc) is 2.82. The second kappa shape index (κ2) is 9.28. The van der Waals surface area contributed by atoms with Crippen molar-refractivity contribution in [2.24, 2.45) is 0 Å². The van der Waals surface area contributed by atoms with Crippen molar-refractivity contribution in [3.63, 3.8) is 0 Å². The van der Waals surface area contributed by atoms with E-state index in [1.807, 2.05) is 13.8 Å². The molecule has 1 aromatic heterocycles. The van der Waals surface area contributed by atoms with Crippen molar-refractivity contribution in [2.45, 2.75) is 52.0 Å². The molecule has 1 aliphatic heterocycles. The first-order valence-electron chi connectivity index (χ1n) is 9.62.